The fraction of sp³-hybridized carbons (Fsp3) is 0.364. The van der Waals surface area contributed by atoms with E-state index in [-0.39, 0.29) is 23.4 Å². The molecule has 2 heterocycles. The summed E-state index contributed by atoms with van der Waals surface area (Å²) >= 11 is 0. The lowest BCUT2D eigenvalue weighted by atomic mass is 9.98. The number of amides is 2. The molecule has 2 unspecified atom stereocenters. The molecule has 2 amide bonds. The maximum atomic E-state index is 14.1. The van der Waals surface area contributed by atoms with E-state index in [2.05, 4.69) is 0 Å². The Balaban J connectivity index is 1.56. The van der Waals surface area contributed by atoms with Gasteiger partial charge in [0.25, 0.3) is 5.91 Å². The Hall–Kier alpha value is -2.76. The van der Waals surface area contributed by atoms with Gasteiger partial charge < -0.3 is 9.80 Å². The molecular formula is C22H22F2N2O2. The zero-order valence-electron chi connectivity index (χ0n) is 15.5. The molecule has 2 aromatic rings. The quantitative estimate of drug-likeness (QED) is 0.811. The third kappa shape index (κ3) is 3.63. The van der Waals surface area contributed by atoms with E-state index in [1.807, 2.05) is 35.2 Å². The topological polar surface area (TPSA) is 40.6 Å². The number of likely N-dealkylation sites (tertiary alicyclic amines) is 2. The van der Waals surface area contributed by atoms with Gasteiger partial charge in [0, 0.05) is 32.1 Å². The first kappa shape index (κ1) is 18.6. The van der Waals surface area contributed by atoms with Crippen LogP contribution in [0.3, 0.4) is 0 Å². The van der Waals surface area contributed by atoms with Crippen LogP contribution in [-0.4, -0.2) is 40.7 Å². The molecule has 0 bridgehead atoms. The van der Waals surface area contributed by atoms with E-state index >= 15 is 0 Å². The number of halogens is 2. The Morgan fingerprint density at radius 1 is 1.07 bits per heavy atom. The van der Waals surface area contributed by atoms with Crippen molar-refractivity contribution in [1.82, 2.24) is 9.80 Å². The molecule has 0 aliphatic carbocycles. The van der Waals surface area contributed by atoms with E-state index < -0.39 is 17.5 Å². The number of fused-ring (bicyclic) bond motifs is 1. The lowest BCUT2D eigenvalue weighted by Crippen LogP contribution is -2.43. The zero-order valence-corrected chi connectivity index (χ0v) is 15.5. The van der Waals surface area contributed by atoms with Gasteiger partial charge in [0.05, 0.1) is 11.6 Å². The minimum Gasteiger partial charge on any atom is -0.336 e. The van der Waals surface area contributed by atoms with Crippen molar-refractivity contribution < 1.29 is 18.4 Å². The Morgan fingerprint density at radius 2 is 1.86 bits per heavy atom. The predicted octanol–water partition coefficient (Wildman–Crippen LogP) is 3.62. The van der Waals surface area contributed by atoms with Crippen LogP contribution in [-0.2, 0) is 11.3 Å². The highest BCUT2D eigenvalue weighted by Gasteiger charge is 2.42. The van der Waals surface area contributed by atoms with Gasteiger partial charge in [-0.15, -0.1) is 0 Å². The standard InChI is InChI=1S/C22H22F2N2O2/c23-17-9-10-18(19(24)11-17)22(28)25-13-16-7-4-8-21(27)26(20(16)14-25)12-15-5-2-1-3-6-15/h1-3,5-6,9-11,16,20H,4,7-8,12-14H2. The summed E-state index contributed by atoms with van der Waals surface area (Å²) in [5.41, 5.74) is 0.921. The van der Waals surface area contributed by atoms with E-state index in [1.54, 1.807) is 4.90 Å². The van der Waals surface area contributed by atoms with Gasteiger partial charge in [0.15, 0.2) is 0 Å². The summed E-state index contributed by atoms with van der Waals surface area (Å²) < 4.78 is 27.2. The second-order valence-corrected chi connectivity index (χ2v) is 7.56. The van der Waals surface area contributed by atoms with Gasteiger partial charge in [-0.2, -0.15) is 0 Å². The van der Waals surface area contributed by atoms with Crippen LogP contribution in [0.5, 0.6) is 0 Å². The van der Waals surface area contributed by atoms with Crippen molar-refractivity contribution in [3.8, 4) is 0 Å². The first-order valence-corrected chi connectivity index (χ1v) is 9.60. The number of nitrogens with zero attached hydrogens (tertiary/aromatic N) is 2. The van der Waals surface area contributed by atoms with Crippen molar-refractivity contribution in [3.05, 3.63) is 71.3 Å². The highest BCUT2D eigenvalue weighted by Crippen LogP contribution is 2.32. The van der Waals surface area contributed by atoms with Crippen LogP contribution in [0.2, 0.25) is 0 Å². The second kappa shape index (κ2) is 7.70. The molecule has 0 N–H and O–H groups in total. The molecule has 2 atom stereocenters. The van der Waals surface area contributed by atoms with Gasteiger partial charge in [0.1, 0.15) is 11.6 Å². The minimum absolute atomic E-state index is 0.0809. The molecule has 0 saturated carbocycles. The molecule has 2 aromatic carbocycles. The molecule has 2 fully saturated rings. The number of benzene rings is 2. The summed E-state index contributed by atoms with van der Waals surface area (Å²) in [6.07, 6.45) is 2.16. The Bertz CT molecular complexity index is 887. The van der Waals surface area contributed by atoms with E-state index in [1.165, 1.54) is 6.07 Å². The number of carbonyl (C=O) groups excluding carboxylic acids is 2. The summed E-state index contributed by atoms with van der Waals surface area (Å²) in [7, 11) is 0. The maximum absolute atomic E-state index is 14.1. The van der Waals surface area contributed by atoms with Crippen molar-refractivity contribution in [2.45, 2.75) is 31.8 Å². The predicted molar refractivity (Wildman–Crippen MR) is 100 cm³/mol. The zero-order chi connectivity index (χ0) is 19.7. The second-order valence-electron chi connectivity index (χ2n) is 7.56. The first-order valence-electron chi connectivity index (χ1n) is 9.60. The molecule has 2 aliphatic rings. The van der Waals surface area contributed by atoms with E-state index in [4.69, 9.17) is 0 Å². The Kier molecular flexibility index (Phi) is 5.11. The molecule has 0 spiro atoms. The van der Waals surface area contributed by atoms with Gasteiger partial charge in [-0.1, -0.05) is 30.3 Å². The summed E-state index contributed by atoms with van der Waals surface area (Å²) in [5.74, 6) is -1.74. The Labute approximate surface area is 162 Å². The van der Waals surface area contributed by atoms with E-state index in [9.17, 15) is 18.4 Å². The van der Waals surface area contributed by atoms with Crippen LogP contribution in [0.25, 0.3) is 0 Å². The minimum atomic E-state index is -0.852. The van der Waals surface area contributed by atoms with Gasteiger partial charge in [-0.05, 0) is 36.5 Å². The van der Waals surface area contributed by atoms with Crippen LogP contribution in [0.1, 0.15) is 35.2 Å². The highest BCUT2D eigenvalue weighted by atomic mass is 19.1. The summed E-state index contributed by atoms with van der Waals surface area (Å²) in [5, 5.41) is 0. The molecule has 4 nitrogen and oxygen atoms in total. The third-order valence-electron chi connectivity index (χ3n) is 5.74. The number of rotatable bonds is 3. The van der Waals surface area contributed by atoms with Crippen LogP contribution in [0, 0.1) is 17.6 Å². The fourth-order valence-electron chi connectivity index (χ4n) is 4.32. The largest absolute Gasteiger partial charge is 0.336 e. The van der Waals surface area contributed by atoms with Gasteiger partial charge in [-0.3, -0.25) is 9.59 Å². The van der Waals surface area contributed by atoms with Crippen molar-refractivity contribution in [2.75, 3.05) is 13.1 Å². The van der Waals surface area contributed by atoms with Crippen molar-refractivity contribution in [2.24, 2.45) is 5.92 Å². The highest BCUT2D eigenvalue weighted by molar-refractivity contribution is 5.94. The molecule has 2 aliphatic heterocycles. The van der Waals surface area contributed by atoms with Gasteiger partial charge >= 0.3 is 0 Å². The number of hydrogen-bond donors (Lipinski definition) is 0. The lowest BCUT2D eigenvalue weighted by Gasteiger charge is -2.30. The normalized spacial score (nSPS) is 22.1. The first-order chi connectivity index (χ1) is 13.5. The van der Waals surface area contributed by atoms with Crippen molar-refractivity contribution >= 4 is 11.8 Å². The van der Waals surface area contributed by atoms with Crippen LogP contribution < -0.4 is 0 Å². The summed E-state index contributed by atoms with van der Waals surface area (Å²) in [6.45, 7) is 1.37. The summed E-state index contributed by atoms with van der Waals surface area (Å²) in [4.78, 5) is 29.0. The average Bonchev–Trinajstić information content (AvgIpc) is 3.04. The molecular weight excluding hydrogens is 362 g/mol. The van der Waals surface area contributed by atoms with Crippen molar-refractivity contribution in [1.29, 1.82) is 0 Å². The molecule has 0 aromatic heterocycles. The monoisotopic (exact) mass is 384 g/mol. The van der Waals surface area contributed by atoms with Gasteiger partial charge in [-0.25, -0.2) is 8.78 Å². The lowest BCUT2D eigenvalue weighted by molar-refractivity contribution is -0.133. The molecule has 6 heteroatoms. The van der Waals surface area contributed by atoms with Gasteiger partial charge in [0.2, 0.25) is 5.91 Å². The Morgan fingerprint density at radius 3 is 2.61 bits per heavy atom. The van der Waals surface area contributed by atoms with Crippen LogP contribution >= 0.6 is 0 Å². The number of carbonyl (C=O) groups is 2. The van der Waals surface area contributed by atoms with E-state index in [0.29, 0.717) is 26.1 Å². The SMILES string of the molecule is O=C(c1ccc(F)cc1F)N1CC2CCCC(=O)N(Cc3ccccc3)C2C1. The molecule has 4 rings (SSSR count). The van der Waals surface area contributed by atoms with E-state index in [0.717, 1.165) is 30.5 Å². The van der Waals surface area contributed by atoms with Crippen LogP contribution in [0.4, 0.5) is 8.78 Å². The molecule has 28 heavy (non-hydrogen) atoms. The number of hydrogen-bond acceptors (Lipinski definition) is 2. The summed E-state index contributed by atoms with van der Waals surface area (Å²) in [6, 6.07) is 12.7. The fourth-order valence-corrected chi connectivity index (χ4v) is 4.32. The third-order valence-corrected chi connectivity index (χ3v) is 5.74. The van der Waals surface area contributed by atoms with Crippen LogP contribution in [0.15, 0.2) is 48.5 Å². The average molecular weight is 384 g/mol. The molecule has 0 radical (unpaired) electrons. The molecule has 146 valence electrons. The molecule has 2 saturated heterocycles. The van der Waals surface area contributed by atoms with Crippen molar-refractivity contribution in [3.63, 3.8) is 0 Å². The maximum Gasteiger partial charge on any atom is 0.256 e. The smallest absolute Gasteiger partial charge is 0.256 e.